The van der Waals surface area contributed by atoms with Crippen molar-refractivity contribution in [2.75, 3.05) is 13.7 Å². The van der Waals surface area contributed by atoms with E-state index in [-0.39, 0.29) is 12.2 Å². The van der Waals surface area contributed by atoms with Crippen molar-refractivity contribution in [2.45, 2.75) is 13.8 Å². The van der Waals surface area contributed by atoms with Crippen LogP contribution in [-0.2, 0) is 9.53 Å². The Labute approximate surface area is 118 Å². The average molecular weight is 271 g/mol. The first-order valence-corrected chi connectivity index (χ1v) is 6.21. The standard InChI is InChI=1S/C15H17N3O2/c1-4-20-15(19)14(10-16)12(2)18(3)17-11-13-8-6-5-7-9-13/h5-9,11H,4H2,1-3H3. The van der Waals surface area contributed by atoms with Crippen molar-refractivity contribution >= 4 is 12.2 Å². The van der Waals surface area contributed by atoms with Crippen molar-refractivity contribution in [3.05, 3.63) is 47.2 Å². The van der Waals surface area contributed by atoms with Gasteiger partial charge in [-0.05, 0) is 19.4 Å². The molecule has 20 heavy (non-hydrogen) atoms. The largest absolute Gasteiger partial charge is 0.462 e. The van der Waals surface area contributed by atoms with Crippen LogP contribution in [0.25, 0.3) is 0 Å². The van der Waals surface area contributed by atoms with E-state index in [1.54, 1.807) is 27.1 Å². The molecule has 5 nitrogen and oxygen atoms in total. The Balaban J connectivity index is 2.89. The number of carbonyl (C=O) groups excluding carboxylic acids is 1. The van der Waals surface area contributed by atoms with E-state index in [0.717, 1.165) is 5.56 Å². The van der Waals surface area contributed by atoms with Gasteiger partial charge in [0.2, 0.25) is 0 Å². The van der Waals surface area contributed by atoms with Gasteiger partial charge in [0.25, 0.3) is 0 Å². The molecule has 0 unspecified atom stereocenters. The first kappa shape index (κ1) is 15.4. The number of carbonyl (C=O) groups is 1. The second kappa shape index (κ2) is 7.74. The SMILES string of the molecule is CCOC(=O)C(C#N)=C(C)N(C)N=Cc1ccccc1. The molecule has 0 atom stereocenters. The number of allylic oxidation sites excluding steroid dienone is 1. The molecule has 104 valence electrons. The van der Waals surface area contributed by atoms with Gasteiger partial charge in [-0.15, -0.1) is 0 Å². The maximum atomic E-state index is 11.6. The zero-order valence-corrected chi connectivity index (χ0v) is 11.8. The molecular weight excluding hydrogens is 254 g/mol. The van der Waals surface area contributed by atoms with Crippen molar-refractivity contribution in [1.82, 2.24) is 5.01 Å². The summed E-state index contributed by atoms with van der Waals surface area (Å²) in [5.74, 6) is -0.630. The van der Waals surface area contributed by atoms with Gasteiger partial charge in [0.15, 0.2) is 5.57 Å². The summed E-state index contributed by atoms with van der Waals surface area (Å²) in [5.41, 5.74) is 1.33. The highest BCUT2D eigenvalue weighted by Gasteiger charge is 2.15. The van der Waals surface area contributed by atoms with Crippen LogP contribution in [0.4, 0.5) is 0 Å². The summed E-state index contributed by atoms with van der Waals surface area (Å²) in [6, 6.07) is 11.4. The molecule has 0 aromatic heterocycles. The molecule has 0 aliphatic carbocycles. The van der Waals surface area contributed by atoms with Gasteiger partial charge in [-0.1, -0.05) is 30.3 Å². The quantitative estimate of drug-likeness (QED) is 0.271. The molecule has 1 aromatic rings. The number of hydrogen-bond donors (Lipinski definition) is 0. The van der Waals surface area contributed by atoms with Crippen molar-refractivity contribution in [1.29, 1.82) is 5.26 Å². The van der Waals surface area contributed by atoms with Crippen LogP contribution in [0.5, 0.6) is 0 Å². The number of nitrogens with zero attached hydrogens (tertiary/aromatic N) is 3. The summed E-state index contributed by atoms with van der Waals surface area (Å²) in [7, 11) is 1.67. The normalized spacial score (nSPS) is 11.7. The maximum Gasteiger partial charge on any atom is 0.350 e. The molecular formula is C15H17N3O2. The van der Waals surface area contributed by atoms with Crippen LogP contribution in [0.2, 0.25) is 0 Å². The second-order valence-corrected chi connectivity index (χ2v) is 3.97. The topological polar surface area (TPSA) is 65.7 Å². The van der Waals surface area contributed by atoms with Crippen LogP contribution in [0.3, 0.4) is 0 Å². The first-order chi connectivity index (χ1) is 9.60. The third-order valence-corrected chi connectivity index (χ3v) is 2.62. The van der Waals surface area contributed by atoms with E-state index >= 15 is 0 Å². The highest BCUT2D eigenvalue weighted by atomic mass is 16.5. The highest BCUT2D eigenvalue weighted by Crippen LogP contribution is 2.10. The number of rotatable bonds is 5. The van der Waals surface area contributed by atoms with Crippen molar-refractivity contribution in [3.8, 4) is 6.07 Å². The Bertz CT molecular complexity index is 556. The second-order valence-electron chi connectivity index (χ2n) is 3.97. The molecule has 0 heterocycles. The predicted octanol–water partition coefficient (Wildman–Crippen LogP) is 2.31. The van der Waals surface area contributed by atoms with Gasteiger partial charge >= 0.3 is 5.97 Å². The lowest BCUT2D eigenvalue weighted by molar-refractivity contribution is -0.138. The smallest absolute Gasteiger partial charge is 0.350 e. The Kier molecular flexibility index (Phi) is 5.98. The van der Waals surface area contributed by atoms with Gasteiger partial charge in [0.1, 0.15) is 6.07 Å². The zero-order chi connectivity index (χ0) is 15.0. The third-order valence-electron chi connectivity index (χ3n) is 2.62. The molecule has 0 fully saturated rings. The monoisotopic (exact) mass is 271 g/mol. The highest BCUT2D eigenvalue weighted by molar-refractivity contribution is 5.93. The number of benzene rings is 1. The Hall–Kier alpha value is -2.61. The predicted molar refractivity (Wildman–Crippen MR) is 76.7 cm³/mol. The number of ether oxygens (including phenoxy) is 1. The maximum absolute atomic E-state index is 11.6. The molecule has 0 saturated carbocycles. The Morgan fingerprint density at radius 1 is 1.45 bits per heavy atom. The van der Waals surface area contributed by atoms with Crippen LogP contribution < -0.4 is 0 Å². The summed E-state index contributed by atoms with van der Waals surface area (Å²) in [6.07, 6.45) is 1.66. The third kappa shape index (κ3) is 4.25. The van der Waals surface area contributed by atoms with E-state index in [4.69, 9.17) is 10.00 Å². The molecule has 0 bridgehead atoms. The van der Waals surface area contributed by atoms with Crippen molar-refractivity contribution < 1.29 is 9.53 Å². The van der Waals surface area contributed by atoms with Crippen LogP contribution in [0, 0.1) is 11.3 Å². The fourth-order valence-corrected chi connectivity index (χ4v) is 1.42. The molecule has 0 radical (unpaired) electrons. The molecule has 0 amide bonds. The van der Waals surface area contributed by atoms with Crippen molar-refractivity contribution in [2.24, 2.45) is 5.10 Å². The lowest BCUT2D eigenvalue weighted by atomic mass is 10.2. The minimum absolute atomic E-state index is 0.0421. The van der Waals surface area contributed by atoms with Gasteiger partial charge in [0, 0.05) is 7.05 Å². The minimum Gasteiger partial charge on any atom is -0.462 e. The Morgan fingerprint density at radius 2 is 2.10 bits per heavy atom. The summed E-state index contributed by atoms with van der Waals surface area (Å²) >= 11 is 0. The van der Waals surface area contributed by atoms with Gasteiger partial charge in [-0.25, -0.2) is 4.79 Å². The lowest BCUT2D eigenvalue weighted by Gasteiger charge is -2.14. The summed E-state index contributed by atoms with van der Waals surface area (Å²) < 4.78 is 4.83. The average Bonchev–Trinajstić information content (AvgIpc) is 2.46. The summed E-state index contributed by atoms with van der Waals surface area (Å²) in [4.78, 5) is 11.6. The number of esters is 1. The number of hydrogen-bond acceptors (Lipinski definition) is 5. The van der Waals surface area contributed by atoms with Crippen LogP contribution in [0.1, 0.15) is 19.4 Å². The van der Waals surface area contributed by atoms with E-state index < -0.39 is 5.97 Å². The van der Waals surface area contributed by atoms with Crippen LogP contribution in [-0.4, -0.2) is 30.8 Å². The van der Waals surface area contributed by atoms with E-state index in [1.807, 2.05) is 36.4 Å². The summed E-state index contributed by atoms with van der Waals surface area (Å²) in [5, 5.41) is 14.7. The van der Waals surface area contributed by atoms with Gasteiger partial charge in [0.05, 0.1) is 18.5 Å². The van der Waals surface area contributed by atoms with E-state index in [1.165, 1.54) is 5.01 Å². The van der Waals surface area contributed by atoms with E-state index in [2.05, 4.69) is 5.10 Å². The lowest BCUT2D eigenvalue weighted by Crippen LogP contribution is -2.16. The van der Waals surface area contributed by atoms with Crippen molar-refractivity contribution in [3.63, 3.8) is 0 Å². The van der Waals surface area contributed by atoms with Gasteiger partial charge in [-0.2, -0.15) is 10.4 Å². The molecule has 0 aliphatic heterocycles. The molecule has 0 spiro atoms. The molecule has 5 heteroatoms. The van der Waals surface area contributed by atoms with Crippen LogP contribution >= 0.6 is 0 Å². The first-order valence-electron chi connectivity index (χ1n) is 6.21. The van der Waals surface area contributed by atoms with Gasteiger partial charge in [-0.3, -0.25) is 5.01 Å². The van der Waals surface area contributed by atoms with E-state index in [0.29, 0.717) is 5.70 Å². The molecule has 1 rings (SSSR count). The Morgan fingerprint density at radius 3 is 2.65 bits per heavy atom. The number of nitriles is 1. The zero-order valence-electron chi connectivity index (χ0n) is 11.8. The van der Waals surface area contributed by atoms with Gasteiger partial charge < -0.3 is 4.74 Å². The minimum atomic E-state index is -0.630. The van der Waals surface area contributed by atoms with E-state index in [9.17, 15) is 4.79 Å². The summed E-state index contributed by atoms with van der Waals surface area (Å²) in [6.45, 7) is 3.57. The number of hydrazone groups is 1. The molecule has 0 saturated heterocycles. The molecule has 0 aliphatic rings. The fraction of sp³-hybridized carbons (Fsp3) is 0.267. The molecule has 1 aromatic carbocycles. The fourth-order valence-electron chi connectivity index (χ4n) is 1.42. The van der Waals surface area contributed by atoms with Crippen LogP contribution in [0.15, 0.2) is 46.7 Å². The molecule has 0 N–H and O–H groups in total.